The van der Waals surface area contributed by atoms with E-state index in [1.807, 2.05) is 43.3 Å². The largest absolute Gasteiger partial charge is 0.468 e. The van der Waals surface area contributed by atoms with Crippen molar-refractivity contribution in [3.8, 4) is 0 Å². The van der Waals surface area contributed by atoms with Gasteiger partial charge in [-0.25, -0.2) is 4.79 Å². The van der Waals surface area contributed by atoms with Crippen molar-refractivity contribution in [2.45, 2.75) is 57.3 Å². The van der Waals surface area contributed by atoms with Gasteiger partial charge in [-0.1, -0.05) is 18.2 Å². The van der Waals surface area contributed by atoms with E-state index in [9.17, 15) is 4.79 Å². The Labute approximate surface area is 148 Å². The molecule has 1 aromatic carbocycles. The Kier molecular flexibility index (Phi) is 4.49. The number of amides is 2. The number of hydrogen-bond donors (Lipinski definition) is 2. The summed E-state index contributed by atoms with van der Waals surface area (Å²) < 4.78 is 5.51. The molecule has 2 atom stereocenters. The number of anilines is 1. The molecule has 4 rings (SSSR count). The SMILES string of the molecule is Cc1ccccc1NC(=O)NC1C[C@H]2CC[C@H](C1)N2Cc1ccco1. The van der Waals surface area contributed by atoms with Crippen molar-refractivity contribution in [3.63, 3.8) is 0 Å². The van der Waals surface area contributed by atoms with E-state index in [1.54, 1.807) is 6.26 Å². The molecule has 0 spiro atoms. The van der Waals surface area contributed by atoms with Crippen LogP contribution >= 0.6 is 0 Å². The molecule has 2 aromatic rings. The molecule has 0 unspecified atom stereocenters. The molecule has 1 aromatic heterocycles. The van der Waals surface area contributed by atoms with Crippen LogP contribution in [-0.4, -0.2) is 29.1 Å². The van der Waals surface area contributed by atoms with E-state index in [-0.39, 0.29) is 12.1 Å². The van der Waals surface area contributed by atoms with Crippen LogP contribution in [0, 0.1) is 6.92 Å². The first kappa shape index (κ1) is 16.2. The third-order valence-electron chi connectivity index (χ3n) is 5.53. The molecule has 0 radical (unpaired) electrons. The van der Waals surface area contributed by atoms with E-state index in [2.05, 4.69) is 15.5 Å². The molecule has 132 valence electrons. The molecule has 5 nitrogen and oxygen atoms in total. The molecule has 2 fully saturated rings. The third-order valence-corrected chi connectivity index (χ3v) is 5.53. The van der Waals surface area contributed by atoms with Crippen molar-refractivity contribution in [2.75, 3.05) is 5.32 Å². The van der Waals surface area contributed by atoms with Crippen molar-refractivity contribution in [1.82, 2.24) is 10.2 Å². The predicted octanol–water partition coefficient (Wildman–Crippen LogP) is 3.91. The van der Waals surface area contributed by atoms with E-state index in [0.717, 1.165) is 36.4 Å². The number of piperidine rings is 1. The van der Waals surface area contributed by atoms with Crippen molar-refractivity contribution in [3.05, 3.63) is 54.0 Å². The Hall–Kier alpha value is -2.27. The Morgan fingerprint density at radius 2 is 1.92 bits per heavy atom. The Bertz CT molecular complexity index is 714. The summed E-state index contributed by atoms with van der Waals surface area (Å²) in [7, 11) is 0. The van der Waals surface area contributed by atoms with E-state index in [4.69, 9.17) is 4.42 Å². The van der Waals surface area contributed by atoms with Crippen molar-refractivity contribution in [2.24, 2.45) is 0 Å². The second-order valence-electron chi connectivity index (χ2n) is 7.22. The molecular weight excluding hydrogens is 314 g/mol. The Morgan fingerprint density at radius 3 is 2.60 bits per heavy atom. The highest BCUT2D eigenvalue weighted by Crippen LogP contribution is 2.36. The standard InChI is InChI=1S/C20H25N3O2/c1-14-5-2-3-7-19(14)22-20(24)21-15-11-16-8-9-17(12-15)23(16)13-18-6-4-10-25-18/h2-7,10,15-17H,8-9,11-13H2,1H3,(H2,21,22,24)/t16-,17-/m1/s1. The van der Waals surface area contributed by atoms with Crippen LogP contribution in [0.5, 0.6) is 0 Å². The van der Waals surface area contributed by atoms with Gasteiger partial charge in [0.05, 0.1) is 12.8 Å². The van der Waals surface area contributed by atoms with Gasteiger partial charge in [0.2, 0.25) is 0 Å². The summed E-state index contributed by atoms with van der Waals surface area (Å²) in [4.78, 5) is 14.9. The molecule has 3 heterocycles. The highest BCUT2D eigenvalue weighted by Gasteiger charge is 2.41. The number of fused-ring (bicyclic) bond motifs is 2. The Balaban J connectivity index is 1.33. The number of nitrogens with one attached hydrogen (secondary N) is 2. The number of rotatable bonds is 4. The van der Waals surface area contributed by atoms with E-state index < -0.39 is 0 Å². The highest BCUT2D eigenvalue weighted by molar-refractivity contribution is 5.90. The molecule has 5 heteroatoms. The van der Waals surface area contributed by atoms with Crippen LogP contribution in [0.15, 0.2) is 47.1 Å². The number of para-hydroxylation sites is 1. The lowest BCUT2D eigenvalue weighted by atomic mass is 9.97. The second-order valence-corrected chi connectivity index (χ2v) is 7.22. The zero-order valence-corrected chi connectivity index (χ0v) is 14.6. The number of aryl methyl sites for hydroxylation is 1. The molecule has 2 N–H and O–H groups in total. The summed E-state index contributed by atoms with van der Waals surface area (Å²) in [6.07, 6.45) is 6.18. The van der Waals surface area contributed by atoms with Crippen molar-refractivity contribution < 1.29 is 9.21 Å². The summed E-state index contributed by atoms with van der Waals surface area (Å²) in [6, 6.07) is 13.1. The number of nitrogens with zero attached hydrogens (tertiary/aromatic N) is 1. The van der Waals surface area contributed by atoms with Crippen LogP contribution in [0.2, 0.25) is 0 Å². The minimum atomic E-state index is -0.0989. The molecule has 2 aliphatic heterocycles. The average molecular weight is 339 g/mol. The molecule has 2 aliphatic rings. The van der Waals surface area contributed by atoms with Crippen LogP contribution < -0.4 is 10.6 Å². The number of furan rings is 1. The van der Waals surface area contributed by atoms with Gasteiger partial charge in [0.1, 0.15) is 5.76 Å². The number of carbonyl (C=O) groups is 1. The zero-order chi connectivity index (χ0) is 17.2. The molecule has 0 saturated carbocycles. The van der Waals surface area contributed by atoms with Crippen LogP contribution in [0.3, 0.4) is 0 Å². The summed E-state index contributed by atoms with van der Waals surface area (Å²) >= 11 is 0. The zero-order valence-electron chi connectivity index (χ0n) is 14.6. The minimum Gasteiger partial charge on any atom is -0.468 e. The van der Waals surface area contributed by atoms with E-state index in [0.29, 0.717) is 12.1 Å². The maximum Gasteiger partial charge on any atom is 0.319 e. The molecular formula is C20H25N3O2. The first-order valence-electron chi connectivity index (χ1n) is 9.10. The fourth-order valence-corrected chi connectivity index (χ4v) is 4.29. The van der Waals surface area contributed by atoms with Crippen molar-refractivity contribution >= 4 is 11.7 Å². The van der Waals surface area contributed by atoms with Crippen molar-refractivity contribution in [1.29, 1.82) is 0 Å². The van der Waals surface area contributed by atoms with Crippen LogP contribution in [0.25, 0.3) is 0 Å². The van der Waals surface area contributed by atoms with Gasteiger partial charge in [-0.3, -0.25) is 4.90 Å². The summed E-state index contributed by atoms with van der Waals surface area (Å²) in [5.74, 6) is 1.03. The van der Waals surface area contributed by atoms with Gasteiger partial charge < -0.3 is 15.1 Å². The number of urea groups is 1. The Morgan fingerprint density at radius 1 is 1.16 bits per heavy atom. The van der Waals surface area contributed by atoms with Crippen LogP contribution in [0.4, 0.5) is 10.5 Å². The lowest BCUT2D eigenvalue weighted by Crippen LogP contribution is -2.50. The molecule has 2 bridgehead atoms. The lowest BCUT2D eigenvalue weighted by molar-refractivity contribution is 0.104. The second kappa shape index (κ2) is 6.92. The monoisotopic (exact) mass is 339 g/mol. The van der Waals surface area contributed by atoms with Crippen LogP contribution in [0.1, 0.15) is 37.0 Å². The first-order chi connectivity index (χ1) is 12.2. The molecule has 2 saturated heterocycles. The lowest BCUT2D eigenvalue weighted by Gasteiger charge is -2.38. The van der Waals surface area contributed by atoms with Gasteiger partial charge in [0.25, 0.3) is 0 Å². The maximum atomic E-state index is 12.4. The summed E-state index contributed by atoms with van der Waals surface area (Å²) in [5.41, 5.74) is 1.95. The fraction of sp³-hybridized carbons (Fsp3) is 0.450. The molecule has 0 aliphatic carbocycles. The van der Waals surface area contributed by atoms with Gasteiger partial charge in [0.15, 0.2) is 0 Å². The van der Waals surface area contributed by atoms with Gasteiger partial charge in [-0.2, -0.15) is 0 Å². The van der Waals surface area contributed by atoms with E-state index in [1.165, 1.54) is 12.8 Å². The first-order valence-corrected chi connectivity index (χ1v) is 9.10. The van der Waals surface area contributed by atoms with Crippen LogP contribution in [-0.2, 0) is 6.54 Å². The third kappa shape index (κ3) is 3.56. The normalized spacial score (nSPS) is 25.7. The quantitative estimate of drug-likeness (QED) is 0.888. The van der Waals surface area contributed by atoms with E-state index >= 15 is 0 Å². The van der Waals surface area contributed by atoms with Gasteiger partial charge in [-0.15, -0.1) is 0 Å². The number of hydrogen-bond acceptors (Lipinski definition) is 3. The number of benzene rings is 1. The smallest absolute Gasteiger partial charge is 0.319 e. The summed E-state index contributed by atoms with van der Waals surface area (Å²) in [5, 5.41) is 6.15. The van der Waals surface area contributed by atoms with Gasteiger partial charge in [0, 0.05) is 23.8 Å². The predicted molar refractivity (Wildman–Crippen MR) is 97.4 cm³/mol. The highest BCUT2D eigenvalue weighted by atomic mass is 16.3. The van der Waals surface area contributed by atoms with Gasteiger partial charge in [-0.05, 0) is 56.4 Å². The topological polar surface area (TPSA) is 57.5 Å². The van der Waals surface area contributed by atoms with Gasteiger partial charge >= 0.3 is 6.03 Å². The maximum absolute atomic E-state index is 12.4. The fourth-order valence-electron chi connectivity index (χ4n) is 4.29. The molecule has 2 amide bonds. The molecule has 25 heavy (non-hydrogen) atoms. The summed E-state index contributed by atoms with van der Waals surface area (Å²) in [6.45, 7) is 2.88. The number of carbonyl (C=O) groups excluding carboxylic acids is 1. The minimum absolute atomic E-state index is 0.0989. The average Bonchev–Trinajstić information content (AvgIpc) is 3.17.